The van der Waals surface area contributed by atoms with Crippen molar-refractivity contribution in [1.82, 2.24) is 10.2 Å². The summed E-state index contributed by atoms with van der Waals surface area (Å²) in [7, 11) is -3.63. The zero-order chi connectivity index (χ0) is 18.0. The summed E-state index contributed by atoms with van der Waals surface area (Å²) in [5.41, 5.74) is 2.14. The SMILES string of the molecule is Cl.Cl.O=S1(=O)N(CCN2CCCNCC2)c2ccccc2N1c1ccccc1. The lowest BCUT2D eigenvalue weighted by atomic mass is 10.2. The fraction of sp³-hybridized carbons (Fsp3) is 0.368. The number of nitrogens with zero attached hydrogens (tertiary/aromatic N) is 3. The van der Waals surface area contributed by atoms with Crippen molar-refractivity contribution in [1.29, 1.82) is 0 Å². The molecule has 0 unspecified atom stereocenters. The molecular weight excluding hydrogens is 419 g/mol. The van der Waals surface area contributed by atoms with E-state index in [9.17, 15) is 8.42 Å². The van der Waals surface area contributed by atoms with Gasteiger partial charge < -0.3 is 10.2 Å². The molecule has 0 spiro atoms. The van der Waals surface area contributed by atoms with Gasteiger partial charge in [0.2, 0.25) is 0 Å². The van der Waals surface area contributed by atoms with E-state index in [2.05, 4.69) is 10.2 Å². The molecule has 0 bridgehead atoms. The van der Waals surface area contributed by atoms with Crippen LogP contribution in [0.5, 0.6) is 0 Å². The molecule has 4 rings (SSSR count). The first-order valence-corrected chi connectivity index (χ1v) is 10.5. The molecule has 0 atom stereocenters. The lowest BCUT2D eigenvalue weighted by molar-refractivity contribution is 0.301. The second-order valence-corrected chi connectivity index (χ2v) is 8.32. The maximum Gasteiger partial charge on any atom is 0.331 e. The molecule has 6 nitrogen and oxygen atoms in total. The van der Waals surface area contributed by atoms with Crippen LogP contribution in [0.25, 0.3) is 0 Å². The van der Waals surface area contributed by atoms with Crippen LogP contribution in [0.4, 0.5) is 17.1 Å². The van der Waals surface area contributed by atoms with Gasteiger partial charge in [0.1, 0.15) is 0 Å². The Morgan fingerprint density at radius 2 is 1.50 bits per heavy atom. The van der Waals surface area contributed by atoms with Gasteiger partial charge in [-0.25, -0.2) is 8.61 Å². The Balaban J connectivity index is 0.00000140. The lowest BCUT2D eigenvalue weighted by Crippen LogP contribution is -2.41. The van der Waals surface area contributed by atoms with E-state index in [0.717, 1.165) is 50.5 Å². The van der Waals surface area contributed by atoms with Crippen LogP contribution in [0.2, 0.25) is 0 Å². The molecule has 2 aliphatic rings. The molecule has 9 heteroatoms. The number of halogens is 2. The van der Waals surface area contributed by atoms with Gasteiger partial charge in [-0.1, -0.05) is 30.3 Å². The van der Waals surface area contributed by atoms with E-state index < -0.39 is 10.2 Å². The Kier molecular flexibility index (Phi) is 7.97. The predicted molar refractivity (Wildman–Crippen MR) is 120 cm³/mol. The van der Waals surface area contributed by atoms with E-state index in [-0.39, 0.29) is 24.8 Å². The van der Waals surface area contributed by atoms with Gasteiger partial charge in [-0.2, -0.15) is 8.42 Å². The molecule has 2 aliphatic heterocycles. The summed E-state index contributed by atoms with van der Waals surface area (Å²) >= 11 is 0. The highest BCUT2D eigenvalue weighted by atomic mass is 35.5. The van der Waals surface area contributed by atoms with Crippen molar-refractivity contribution >= 4 is 52.1 Å². The summed E-state index contributed by atoms with van der Waals surface area (Å²) in [6.45, 7) is 5.14. The van der Waals surface area contributed by atoms with Crippen LogP contribution in [0.3, 0.4) is 0 Å². The van der Waals surface area contributed by atoms with Gasteiger partial charge in [0, 0.05) is 26.2 Å². The molecule has 0 aromatic heterocycles. The van der Waals surface area contributed by atoms with Gasteiger partial charge in [-0.3, -0.25) is 0 Å². The standard InChI is InChI=1S/C19H24N4O2S.2ClH/c24-26(25)22(16-15-21-13-6-11-20-12-14-21)18-9-4-5-10-19(18)23(26)17-7-2-1-3-8-17;;/h1-5,7-10,20H,6,11-16H2;2*1H. The van der Waals surface area contributed by atoms with Crippen molar-refractivity contribution in [3.05, 3.63) is 54.6 Å². The average Bonchev–Trinajstić information content (AvgIpc) is 2.81. The highest BCUT2D eigenvalue weighted by Gasteiger charge is 2.40. The van der Waals surface area contributed by atoms with E-state index in [4.69, 9.17) is 0 Å². The van der Waals surface area contributed by atoms with E-state index in [0.29, 0.717) is 12.2 Å². The van der Waals surface area contributed by atoms with Crippen molar-refractivity contribution in [3.63, 3.8) is 0 Å². The quantitative estimate of drug-likeness (QED) is 0.786. The Hall–Kier alpha value is -1.51. The highest BCUT2D eigenvalue weighted by Crippen LogP contribution is 2.44. The summed E-state index contributed by atoms with van der Waals surface area (Å²) in [5, 5.41) is 3.38. The van der Waals surface area contributed by atoms with Crippen LogP contribution < -0.4 is 13.9 Å². The van der Waals surface area contributed by atoms with Gasteiger partial charge in [0.25, 0.3) is 0 Å². The van der Waals surface area contributed by atoms with Gasteiger partial charge in [0.05, 0.1) is 17.1 Å². The number of nitrogens with one attached hydrogen (secondary N) is 1. The van der Waals surface area contributed by atoms with Gasteiger partial charge in [0.15, 0.2) is 0 Å². The van der Waals surface area contributed by atoms with Gasteiger partial charge >= 0.3 is 10.2 Å². The van der Waals surface area contributed by atoms with Gasteiger partial charge in [-0.15, -0.1) is 24.8 Å². The fourth-order valence-electron chi connectivity index (χ4n) is 3.62. The third kappa shape index (κ3) is 4.39. The first-order valence-electron chi connectivity index (χ1n) is 9.08. The van der Waals surface area contributed by atoms with Crippen LogP contribution in [-0.4, -0.2) is 52.6 Å². The Labute approximate surface area is 179 Å². The van der Waals surface area contributed by atoms with Crippen molar-refractivity contribution in [3.8, 4) is 0 Å². The predicted octanol–water partition coefficient (Wildman–Crippen LogP) is 3.03. The number of anilines is 3. The number of para-hydroxylation sites is 3. The van der Waals surface area contributed by atoms with Crippen molar-refractivity contribution in [2.45, 2.75) is 6.42 Å². The summed E-state index contributed by atoms with van der Waals surface area (Å²) in [5.74, 6) is 0. The molecule has 2 aromatic carbocycles. The van der Waals surface area contributed by atoms with Crippen LogP contribution in [0, 0.1) is 0 Å². The topological polar surface area (TPSA) is 55.9 Å². The number of benzene rings is 2. The highest BCUT2D eigenvalue weighted by molar-refractivity contribution is 7.95. The fourth-order valence-corrected chi connectivity index (χ4v) is 5.33. The molecule has 2 heterocycles. The number of rotatable bonds is 4. The monoisotopic (exact) mass is 444 g/mol. The van der Waals surface area contributed by atoms with Crippen LogP contribution >= 0.6 is 24.8 Å². The van der Waals surface area contributed by atoms with E-state index in [1.165, 1.54) is 4.31 Å². The van der Waals surface area contributed by atoms with Crippen LogP contribution in [-0.2, 0) is 10.2 Å². The largest absolute Gasteiger partial charge is 0.331 e. The van der Waals surface area contributed by atoms with Crippen molar-refractivity contribution in [2.24, 2.45) is 0 Å². The Bertz CT molecular complexity index is 859. The van der Waals surface area contributed by atoms with Crippen LogP contribution in [0.1, 0.15) is 6.42 Å². The minimum atomic E-state index is -3.63. The molecule has 1 saturated heterocycles. The first-order chi connectivity index (χ1) is 12.7. The van der Waals surface area contributed by atoms with Crippen LogP contribution in [0.15, 0.2) is 54.6 Å². The number of hydrogen-bond donors (Lipinski definition) is 1. The molecule has 1 fully saturated rings. The summed E-state index contributed by atoms with van der Waals surface area (Å²) in [4.78, 5) is 2.34. The van der Waals surface area contributed by atoms with E-state index in [1.54, 1.807) is 4.31 Å². The molecule has 1 N–H and O–H groups in total. The Morgan fingerprint density at radius 3 is 2.25 bits per heavy atom. The minimum absolute atomic E-state index is 0. The summed E-state index contributed by atoms with van der Waals surface area (Å²) in [6, 6.07) is 16.8. The normalized spacial score (nSPS) is 18.6. The Morgan fingerprint density at radius 1 is 0.821 bits per heavy atom. The number of hydrogen-bond acceptors (Lipinski definition) is 4. The van der Waals surface area contributed by atoms with Crippen molar-refractivity contribution in [2.75, 3.05) is 47.9 Å². The second kappa shape index (κ2) is 9.80. The summed E-state index contributed by atoms with van der Waals surface area (Å²) in [6.07, 6.45) is 1.10. The van der Waals surface area contributed by atoms with Crippen molar-refractivity contribution < 1.29 is 8.42 Å². The third-order valence-corrected chi connectivity index (χ3v) is 6.73. The smallest absolute Gasteiger partial charge is 0.315 e. The second-order valence-electron chi connectivity index (χ2n) is 6.61. The van der Waals surface area contributed by atoms with E-state index >= 15 is 0 Å². The molecule has 154 valence electrons. The molecule has 0 radical (unpaired) electrons. The lowest BCUT2D eigenvalue weighted by Gasteiger charge is -2.25. The van der Waals surface area contributed by atoms with Gasteiger partial charge in [-0.05, 0) is 43.8 Å². The van der Waals surface area contributed by atoms with E-state index in [1.807, 2.05) is 54.6 Å². The first kappa shape index (κ1) is 22.8. The third-order valence-electron chi connectivity index (χ3n) is 4.92. The molecule has 0 aliphatic carbocycles. The molecule has 28 heavy (non-hydrogen) atoms. The minimum Gasteiger partial charge on any atom is -0.315 e. The maximum atomic E-state index is 13.3. The zero-order valence-corrected chi connectivity index (χ0v) is 18.0. The maximum absolute atomic E-state index is 13.3. The zero-order valence-electron chi connectivity index (χ0n) is 15.5. The average molecular weight is 445 g/mol. The molecule has 0 amide bonds. The molecular formula is C19H26Cl2N4O2S. The number of fused-ring (bicyclic) bond motifs is 1. The summed E-state index contributed by atoms with van der Waals surface area (Å²) < 4.78 is 29.6. The molecule has 0 saturated carbocycles. The molecule has 2 aromatic rings.